The van der Waals surface area contributed by atoms with Gasteiger partial charge in [0.25, 0.3) is 0 Å². The number of carboxylic acids is 1. The second-order valence-electron chi connectivity index (χ2n) is 4.64. The Morgan fingerprint density at radius 1 is 1.29 bits per heavy atom. The molecule has 1 atom stereocenters. The smallest absolute Gasteiger partial charge is 0.337 e. The molecule has 2 aromatic carbocycles. The molecule has 21 heavy (non-hydrogen) atoms. The number of hydrogen-bond donors (Lipinski definition) is 2. The Kier molecular flexibility index (Phi) is 4.70. The fourth-order valence-electron chi connectivity index (χ4n) is 2.02. The number of ether oxygens (including phenoxy) is 1. The third-order valence-corrected chi connectivity index (χ3v) is 3.50. The maximum absolute atomic E-state index is 11.1. The predicted octanol–water partition coefficient (Wildman–Crippen LogP) is 4.22. The van der Waals surface area contributed by atoms with Crippen LogP contribution in [0.5, 0.6) is 5.75 Å². The van der Waals surface area contributed by atoms with Gasteiger partial charge in [0.2, 0.25) is 0 Å². The number of carboxylic acid groups (broad SMARTS) is 1. The highest BCUT2D eigenvalue weighted by Gasteiger charge is 2.11. The molecule has 2 rings (SSSR count). The summed E-state index contributed by atoms with van der Waals surface area (Å²) in [6.07, 6.45) is 0. The summed E-state index contributed by atoms with van der Waals surface area (Å²) < 4.78 is 5.20. The highest BCUT2D eigenvalue weighted by molar-refractivity contribution is 6.33. The summed E-state index contributed by atoms with van der Waals surface area (Å²) in [7, 11) is 1.62. The van der Waals surface area contributed by atoms with Crippen molar-refractivity contribution >= 4 is 23.3 Å². The van der Waals surface area contributed by atoms with Crippen molar-refractivity contribution < 1.29 is 14.6 Å². The lowest BCUT2D eigenvalue weighted by atomic mass is 10.1. The molecule has 0 aliphatic carbocycles. The van der Waals surface area contributed by atoms with Crippen LogP contribution in [0.3, 0.4) is 0 Å². The van der Waals surface area contributed by atoms with Gasteiger partial charge in [-0.1, -0.05) is 23.7 Å². The normalized spacial score (nSPS) is 11.8. The average molecular weight is 306 g/mol. The zero-order valence-electron chi connectivity index (χ0n) is 11.8. The lowest BCUT2D eigenvalue weighted by Crippen LogP contribution is -2.08. The SMILES string of the molecule is COc1cccc(C(C)Nc2ccc(Cl)c(C(=O)O)c2)c1. The van der Waals surface area contributed by atoms with Gasteiger partial charge in [-0.05, 0) is 42.8 Å². The average Bonchev–Trinajstić information content (AvgIpc) is 2.49. The monoisotopic (exact) mass is 305 g/mol. The van der Waals surface area contributed by atoms with Crippen molar-refractivity contribution in [2.75, 3.05) is 12.4 Å². The summed E-state index contributed by atoms with van der Waals surface area (Å²) in [6, 6.07) is 12.6. The van der Waals surface area contributed by atoms with E-state index in [1.165, 1.54) is 6.07 Å². The van der Waals surface area contributed by atoms with E-state index in [1.807, 2.05) is 31.2 Å². The molecule has 0 amide bonds. The molecule has 0 saturated carbocycles. The maximum atomic E-state index is 11.1. The Balaban J connectivity index is 2.21. The number of rotatable bonds is 5. The van der Waals surface area contributed by atoms with Crippen LogP contribution in [0, 0.1) is 0 Å². The van der Waals surface area contributed by atoms with Gasteiger partial charge in [-0.15, -0.1) is 0 Å². The molecule has 0 saturated heterocycles. The zero-order chi connectivity index (χ0) is 15.4. The molecule has 5 heteroatoms. The van der Waals surface area contributed by atoms with Gasteiger partial charge in [0.15, 0.2) is 0 Å². The number of halogens is 1. The van der Waals surface area contributed by atoms with E-state index in [2.05, 4.69) is 5.32 Å². The Hall–Kier alpha value is -2.20. The van der Waals surface area contributed by atoms with E-state index < -0.39 is 5.97 Å². The number of nitrogens with one attached hydrogen (secondary N) is 1. The summed E-state index contributed by atoms with van der Waals surface area (Å²) in [4.78, 5) is 11.1. The predicted molar refractivity (Wildman–Crippen MR) is 83.4 cm³/mol. The Bertz CT molecular complexity index is 658. The molecule has 0 aliphatic heterocycles. The lowest BCUT2D eigenvalue weighted by molar-refractivity contribution is 0.0697. The van der Waals surface area contributed by atoms with Gasteiger partial charge in [0, 0.05) is 11.7 Å². The lowest BCUT2D eigenvalue weighted by Gasteiger charge is -2.17. The van der Waals surface area contributed by atoms with E-state index in [9.17, 15) is 4.79 Å². The molecular weight excluding hydrogens is 290 g/mol. The Morgan fingerprint density at radius 3 is 2.71 bits per heavy atom. The molecule has 0 bridgehead atoms. The Morgan fingerprint density at radius 2 is 2.05 bits per heavy atom. The van der Waals surface area contributed by atoms with Crippen molar-refractivity contribution in [3.8, 4) is 5.75 Å². The molecule has 0 aromatic heterocycles. The topological polar surface area (TPSA) is 58.6 Å². The summed E-state index contributed by atoms with van der Waals surface area (Å²) in [5.41, 5.74) is 1.83. The molecule has 2 N–H and O–H groups in total. The van der Waals surface area contributed by atoms with Crippen LogP contribution in [0.15, 0.2) is 42.5 Å². The van der Waals surface area contributed by atoms with Gasteiger partial charge in [-0.3, -0.25) is 0 Å². The zero-order valence-corrected chi connectivity index (χ0v) is 12.5. The molecule has 0 heterocycles. The minimum absolute atomic E-state index is 0.00270. The minimum atomic E-state index is -1.04. The van der Waals surface area contributed by atoms with Gasteiger partial charge in [-0.2, -0.15) is 0 Å². The molecule has 2 aromatic rings. The quantitative estimate of drug-likeness (QED) is 0.868. The van der Waals surface area contributed by atoms with E-state index in [-0.39, 0.29) is 16.6 Å². The third-order valence-electron chi connectivity index (χ3n) is 3.17. The fourth-order valence-corrected chi connectivity index (χ4v) is 2.22. The van der Waals surface area contributed by atoms with Gasteiger partial charge in [0.1, 0.15) is 5.75 Å². The first-order chi connectivity index (χ1) is 10.0. The van der Waals surface area contributed by atoms with Crippen LogP contribution in [0.2, 0.25) is 5.02 Å². The van der Waals surface area contributed by atoms with Crippen LogP contribution in [0.25, 0.3) is 0 Å². The second-order valence-corrected chi connectivity index (χ2v) is 5.05. The van der Waals surface area contributed by atoms with Crippen LogP contribution < -0.4 is 10.1 Å². The van der Waals surface area contributed by atoms with Crippen molar-refractivity contribution in [1.29, 1.82) is 0 Å². The van der Waals surface area contributed by atoms with Crippen LogP contribution in [-0.2, 0) is 0 Å². The number of methoxy groups -OCH3 is 1. The summed E-state index contributed by atoms with van der Waals surface area (Å²) in [5.74, 6) is -0.263. The Labute approximate surface area is 128 Å². The first kappa shape index (κ1) is 15.2. The molecule has 110 valence electrons. The largest absolute Gasteiger partial charge is 0.497 e. The molecule has 0 radical (unpaired) electrons. The standard InChI is InChI=1S/C16H16ClNO3/c1-10(11-4-3-5-13(8-11)21-2)18-12-6-7-15(17)14(9-12)16(19)20/h3-10,18H,1-2H3,(H,19,20). The summed E-state index contributed by atoms with van der Waals surface area (Å²) in [5, 5.41) is 12.6. The molecule has 1 unspecified atom stereocenters. The molecular formula is C16H16ClNO3. The number of carbonyl (C=O) groups is 1. The molecule has 0 aliphatic rings. The molecule has 0 spiro atoms. The fraction of sp³-hybridized carbons (Fsp3) is 0.188. The van der Waals surface area contributed by atoms with Crippen molar-refractivity contribution in [2.45, 2.75) is 13.0 Å². The van der Waals surface area contributed by atoms with Crippen molar-refractivity contribution in [3.05, 3.63) is 58.6 Å². The van der Waals surface area contributed by atoms with E-state index in [0.717, 1.165) is 11.3 Å². The van der Waals surface area contributed by atoms with Gasteiger partial charge < -0.3 is 15.2 Å². The van der Waals surface area contributed by atoms with Gasteiger partial charge in [-0.25, -0.2) is 4.79 Å². The van der Waals surface area contributed by atoms with Crippen LogP contribution >= 0.6 is 11.6 Å². The summed E-state index contributed by atoms with van der Waals surface area (Å²) in [6.45, 7) is 1.99. The van der Waals surface area contributed by atoms with E-state index in [1.54, 1.807) is 19.2 Å². The first-order valence-corrected chi connectivity index (χ1v) is 6.82. The van der Waals surface area contributed by atoms with Crippen molar-refractivity contribution in [1.82, 2.24) is 0 Å². The van der Waals surface area contributed by atoms with E-state index in [0.29, 0.717) is 5.69 Å². The summed E-state index contributed by atoms with van der Waals surface area (Å²) >= 11 is 5.86. The van der Waals surface area contributed by atoms with Crippen LogP contribution in [0.4, 0.5) is 5.69 Å². The molecule has 4 nitrogen and oxygen atoms in total. The second kappa shape index (κ2) is 6.50. The highest BCUT2D eigenvalue weighted by atomic mass is 35.5. The van der Waals surface area contributed by atoms with E-state index >= 15 is 0 Å². The number of anilines is 1. The van der Waals surface area contributed by atoms with Crippen LogP contribution in [-0.4, -0.2) is 18.2 Å². The van der Waals surface area contributed by atoms with Crippen molar-refractivity contribution in [2.24, 2.45) is 0 Å². The van der Waals surface area contributed by atoms with Gasteiger partial charge >= 0.3 is 5.97 Å². The number of hydrogen-bond acceptors (Lipinski definition) is 3. The van der Waals surface area contributed by atoms with E-state index in [4.69, 9.17) is 21.4 Å². The molecule has 0 fully saturated rings. The van der Waals surface area contributed by atoms with Gasteiger partial charge in [0.05, 0.1) is 17.7 Å². The minimum Gasteiger partial charge on any atom is -0.497 e. The van der Waals surface area contributed by atoms with Crippen molar-refractivity contribution in [3.63, 3.8) is 0 Å². The number of benzene rings is 2. The maximum Gasteiger partial charge on any atom is 0.337 e. The first-order valence-electron chi connectivity index (χ1n) is 6.44. The number of aromatic carboxylic acids is 1. The third kappa shape index (κ3) is 3.67. The highest BCUT2D eigenvalue weighted by Crippen LogP contribution is 2.25. The van der Waals surface area contributed by atoms with Crippen LogP contribution in [0.1, 0.15) is 28.9 Å².